The SMILES string of the molecule is CC(C)=CCC/C(C)=C/CC(O)C1OC1(C)CCC=C(C)C. The molecule has 0 saturated carbocycles. The fourth-order valence-corrected chi connectivity index (χ4v) is 2.73. The molecule has 2 nitrogen and oxygen atoms in total. The summed E-state index contributed by atoms with van der Waals surface area (Å²) in [5.41, 5.74) is 3.93. The van der Waals surface area contributed by atoms with E-state index in [-0.39, 0.29) is 17.8 Å². The minimum absolute atomic E-state index is 0.0000978. The number of aliphatic hydroxyl groups is 1. The van der Waals surface area contributed by atoms with Crippen molar-refractivity contribution in [2.75, 3.05) is 0 Å². The van der Waals surface area contributed by atoms with Crippen LogP contribution in [0.3, 0.4) is 0 Å². The number of ether oxygens (including phenoxy) is 1. The van der Waals surface area contributed by atoms with E-state index in [4.69, 9.17) is 4.74 Å². The Kier molecular flexibility index (Phi) is 7.58. The molecule has 2 heteroatoms. The van der Waals surface area contributed by atoms with E-state index in [0.29, 0.717) is 6.42 Å². The lowest BCUT2D eigenvalue weighted by Crippen LogP contribution is -2.21. The van der Waals surface area contributed by atoms with Crippen LogP contribution >= 0.6 is 0 Å². The number of hydrogen-bond donors (Lipinski definition) is 1. The molecular formula is C20H34O2. The summed E-state index contributed by atoms with van der Waals surface area (Å²) in [4.78, 5) is 0. The van der Waals surface area contributed by atoms with Gasteiger partial charge in [-0.15, -0.1) is 0 Å². The molecule has 1 heterocycles. The number of allylic oxidation sites excluding steroid dienone is 5. The zero-order valence-electron chi connectivity index (χ0n) is 15.3. The molecule has 0 aliphatic carbocycles. The average Bonchev–Trinajstić information content (AvgIpc) is 3.07. The summed E-state index contributed by atoms with van der Waals surface area (Å²) in [6.07, 6.45) is 11.2. The van der Waals surface area contributed by atoms with E-state index in [1.54, 1.807) is 0 Å². The van der Waals surface area contributed by atoms with Gasteiger partial charge in [0.05, 0.1) is 11.7 Å². The quantitative estimate of drug-likeness (QED) is 0.461. The highest BCUT2D eigenvalue weighted by Crippen LogP contribution is 2.43. The van der Waals surface area contributed by atoms with Crippen LogP contribution in [-0.2, 0) is 4.74 Å². The van der Waals surface area contributed by atoms with Crippen LogP contribution in [0.15, 0.2) is 34.9 Å². The van der Waals surface area contributed by atoms with Crippen LogP contribution in [0.1, 0.15) is 73.6 Å². The Morgan fingerprint density at radius 2 is 1.64 bits per heavy atom. The normalized spacial score (nSPS) is 25.6. The summed E-state index contributed by atoms with van der Waals surface area (Å²) in [7, 11) is 0. The predicted molar refractivity (Wildman–Crippen MR) is 95.0 cm³/mol. The summed E-state index contributed by atoms with van der Waals surface area (Å²) in [6, 6.07) is 0. The van der Waals surface area contributed by atoms with Crippen molar-refractivity contribution in [1.82, 2.24) is 0 Å². The van der Waals surface area contributed by atoms with Crippen molar-refractivity contribution >= 4 is 0 Å². The van der Waals surface area contributed by atoms with Gasteiger partial charge in [0.25, 0.3) is 0 Å². The lowest BCUT2D eigenvalue weighted by Gasteiger charge is -2.09. The van der Waals surface area contributed by atoms with Gasteiger partial charge in [0.2, 0.25) is 0 Å². The molecule has 1 N–H and O–H groups in total. The third kappa shape index (κ3) is 6.93. The number of rotatable bonds is 9. The summed E-state index contributed by atoms with van der Waals surface area (Å²) in [5, 5.41) is 10.3. The van der Waals surface area contributed by atoms with Gasteiger partial charge in [0.1, 0.15) is 6.10 Å². The van der Waals surface area contributed by atoms with E-state index in [9.17, 15) is 5.11 Å². The minimum atomic E-state index is -0.380. The molecule has 1 fully saturated rings. The topological polar surface area (TPSA) is 32.8 Å². The molecule has 1 aliphatic heterocycles. The van der Waals surface area contributed by atoms with Crippen molar-refractivity contribution in [2.45, 2.75) is 91.5 Å². The molecule has 22 heavy (non-hydrogen) atoms. The number of epoxide rings is 1. The van der Waals surface area contributed by atoms with Gasteiger partial charge in [-0.3, -0.25) is 0 Å². The maximum Gasteiger partial charge on any atom is 0.113 e. The fraction of sp³-hybridized carbons (Fsp3) is 0.700. The lowest BCUT2D eigenvalue weighted by atomic mass is 9.95. The van der Waals surface area contributed by atoms with E-state index < -0.39 is 0 Å². The van der Waals surface area contributed by atoms with Crippen molar-refractivity contribution in [3.05, 3.63) is 34.9 Å². The standard InChI is InChI=1S/C20H34O2/c1-15(2)9-7-11-17(5)12-13-18(21)19-20(6,22-19)14-8-10-16(3)4/h9-10,12,18-19,21H,7-8,11,13-14H2,1-6H3/b17-12+. The van der Waals surface area contributed by atoms with Gasteiger partial charge in [0.15, 0.2) is 0 Å². The summed E-state index contributed by atoms with van der Waals surface area (Å²) in [6.45, 7) is 12.8. The smallest absolute Gasteiger partial charge is 0.113 e. The van der Waals surface area contributed by atoms with Gasteiger partial charge < -0.3 is 9.84 Å². The van der Waals surface area contributed by atoms with Gasteiger partial charge in [-0.25, -0.2) is 0 Å². The summed E-state index contributed by atoms with van der Waals surface area (Å²) >= 11 is 0. The predicted octanol–water partition coefficient (Wildman–Crippen LogP) is 5.33. The molecule has 0 spiro atoms. The average molecular weight is 306 g/mol. The second-order valence-corrected chi connectivity index (χ2v) is 7.34. The maximum absolute atomic E-state index is 10.3. The molecule has 0 bridgehead atoms. The van der Waals surface area contributed by atoms with Crippen molar-refractivity contribution in [3.63, 3.8) is 0 Å². The maximum atomic E-state index is 10.3. The van der Waals surface area contributed by atoms with Crippen LogP contribution in [0.4, 0.5) is 0 Å². The van der Waals surface area contributed by atoms with E-state index in [2.05, 4.69) is 59.8 Å². The Balaban J connectivity index is 2.33. The zero-order chi connectivity index (χ0) is 16.8. The molecule has 0 aromatic heterocycles. The van der Waals surface area contributed by atoms with Gasteiger partial charge in [-0.2, -0.15) is 0 Å². The molecule has 0 aromatic carbocycles. The van der Waals surface area contributed by atoms with Crippen LogP contribution < -0.4 is 0 Å². The molecule has 0 radical (unpaired) electrons. The first-order chi connectivity index (χ1) is 10.2. The van der Waals surface area contributed by atoms with Crippen LogP contribution in [0.25, 0.3) is 0 Å². The van der Waals surface area contributed by atoms with Crippen molar-refractivity contribution < 1.29 is 9.84 Å². The first kappa shape index (κ1) is 19.2. The molecule has 1 saturated heterocycles. The minimum Gasteiger partial charge on any atom is -0.390 e. The van der Waals surface area contributed by atoms with E-state index >= 15 is 0 Å². The first-order valence-electron chi connectivity index (χ1n) is 8.53. The Bertz CT molecular complexity index is 437. The highest BCUT2D eigenvalue weighted by molar-refractivity contribution is 5.08. The van der Waals surface area contributed by atoms with E-state index in [0.717, 1.165) is 25.7 Å². The monoisotopic (exact) mass is 306 g/mol. The highest BCUT2D eigenvalue weighted by Gasteiger charge is 2.54. The highest BCUT2D eigenvalue weighted by atomic mass is 16.6. The van der Waals surface area contributed by atoms with Gasteiger partial charge in [-0.1, -0.05) is 34.9 Å². The van der Waals surface area contributed by atoms with Crippen LogP contribution in [0.5, 0.6) is 0 Å². The molecule has 1 rings (SSSR count). The summed E-state index contributed by atoms with van der Waals surface area (Å²) in [5.74, 6) is 0. The third-order valence-electron chi connectivity index (χ3n) is 4.28. The molecule has 1 aliphatic rings. The van der Waals surface area contributed by atoms with Gasteiger partial charge >= 0.3 is 0 Å². The molecular weight excluding hydrogens is 272 g/mol. The van der Waals surface area contributed by atoms with Gasteiger partial charge in [0, 0.05) is 0 Å². The largest absolute Gasteiger partial charge is 0.390 e. The molecule has 126 valence electrons. The molecule has 3 unspecified atom stereocenters. The summed E-state index contributed by atoms with van der Waals surface area (Å²) < 4.78 is 5.77. The van der Waals surface area contributed by atoms with Crippen LogP contribution in [0, 0.1) is 0 Å². The first-order valence-corrected chi connectivity index (χ1v) is 8.53. The Morgan fingerprint density at radius 3 is 2.23 bits per heavy atom. The van der Waals surface area contributed by atoms with Crippen molar-refractivity contribution in [3.8, 4) is 0 Å². The zero-order valence-corrected chi connectivity index (χ0v) is 15.3. The molecule has 0 aromatic rings. The van der Waals surface area contributed by atoms with Crippen LogP contribution in [-0.4, -0.2) is 22.9 Å². The Labute approximate surface area is 137 Å². The third-order valence-corrected chi connectivity index (χ3v) is 4.28. The molecule has 3 atom stereocenters. The van der Waals surface area contributed by atoms with Gasteiger partial charge in [-0.05, 0) is 73.6 Å². The number of aliphatic hydroxyl groups excluding tert-OH is 1. The number of hydrogen-bond acceptors (Lipinski definition) is 2. The second kappa shape index (κ2) is 8.69. The Hall–Kier alpha value is -0.860. The Morgan fingerprint density at radius 1 is 1.05 bits per heavy atom. The van der Waals surface area contributed by atoms with Crippen molar-refractivity contribution in [1.29, 1.82) is 0 Å². The second-order valence-electron chi connectivity index (χ2n) is 7.34. The van der Waals surface area contributed by atoms with E-state index in [1.165, 1.54) is 16.7 Å². The molecule has 0 amide bonds. The van der Waals surface area contributed by atoms with E-state index in [1.807, 2.05) is 0 Å². The van der Waals surface area contributed by atoms with Crippen LogP contribution in [0.2, 0.25) is 0 Å². The fourth-order valence-electron chi connectivity index (χ4n) is 2.73. The lowest BCUT2D eigenvalue weighted by molar-refractivity contribution is 0.137. The van der Waals surface area contributed by atoms with Crippen molar-refractivity contribution in [2.24, 2.45) is 0 Å².